The first kappa shape index (κ1) is 22.5. The molecule has 1 fully saturated rings. The maximum Gasteiger partial charge on any atom is 0.200 e. The SMILES string of the molecule is Cc1ccc(OCC(=O)c2ccc(CN3CCNCC3)cc2)cc1.Cl.Cl. The topological polar surface area (TPSA) is 41.6 Å². The molecule has 4 nitrogen and oxygen atoms in total. The highest BCUT2D eigenvalue weighted by molar-refractivity contribution is 5.97. The molecule has 2 aromatic rings. The monoisotopic (exact) mass is 396 g/mol. The first-order chi connectivity index (χ1) is 11.7. The third kappa shape index (κ3) is 6.61. The fourth-order valence-electron chi connectivity index (χ4n) is 2.79. The summed E-state index contributed by atoms with van der Waals surface area (Å²) in [6.45, 7) is 7.28. The van der Waals surface area contributed by atoms with Gasteiger partial charge in [-0.1, -0.05) is 42.0 Å². The van der Waals surface area contributed by atoms with E-state index < -0.39 is 0 Å². The van der Waals surface area contributed by atoms with Crippen LogP contribution in [-0.4, -0.2) is 43.5 Å². The lowest BCUT2D eigenvalue weighted by atomic mass is 10.1. The normalized spacial score (nSPS) is 14.0. The number of carbonyl (C=O) groups excluding carboxylic acids is 1. The molecule has 3 rings (SSSR count). The van der Waals surface area contributed by atoms with Crippen LogP contribution in [0.5, 0.6) is 5.75 Å². The van der Waals surface area contributed by atoms with E-state index in [9.17, 15) is 4.79 Å². The van der Waals surface area contributed by atoms with Gasteiger partial charge in [0.25, 0.3) is 0 Å². The first-order valence-corrected chi connectivity index (χ1v) is 8.45. The molecule has 26 heavy (non-hydrogen) atoms. The minimum Gasteiger partial charge on any atom is -0.485 e. The standard InChI is InChI=1S/C20H24N2O2.2ClH/c1-16-2-8-19(9-3-16)24-15-20(23)18-6-4-17(5-7-18)14-22-12-10-21-11-13-22;;/h2-9,21H,10-15H2,1H3;2*1H. The molecule has 6 heteroatoms. The van der Waals surface area contributed by atoms with Crippen molar-refractivity contribution in [3.8, 4) is 5.75 Å². The van der Waals surface area contributed by atoms with Crippen molar-refractivity contribution in [1.29, 1.82) is 0 Å². The van der Waals surface area contributed by atoms with Gasteiger partial charge >= 0.3 is 0 Å². The maximum atomic E-state index is 12.2. The Kier molecular flexibility index (Phi) is 9.66. The number of nitrogens with zero attached hydrogens (tertiary/aromatic N) is 1. The zero-order valence-electron chi connectivity index (χ0n) is 14.9. The summed E-state index contributed by atoms with van der Waals surface area (Å²) in [7, 11) is 0. The summed E-state index contributed by atoms with van der Waals surface area (Å²) in [5.74, 6) is 0.730. The van der Waals surface area contributed by atoms with Crippen LogP contribution < -0.4 is 10.1 Å². The summed E-state index contributed by atoms with van der Waals surface area (Å²) in [6, 6.07) is 15.6. The summed E-state index contributed by atoms with van der Waals surface area (Å²) < 4.78 is 5.56. The van der Waals surface area contributed by atoms with E-state index in [1.807, 2.05) is 55.5 Å². The van der Waals surface area contributed by atoms with Crippen molar-refractivity contribution < 1.29 is 9.53 Å². The van der Waals surface area contributed by atoms with E-state index >= 15 is 0 Å². The van der Waals surface area contributed by atoms with Crippen LogP contribution >= 0.6 is 24.8 Å². The van der Waals surface area contributed by atoms with Gasteiger partial charge in [-0.3, -0.25) is 9.69 Å². The predicted octanol–water partition coefficient (Wildman–Crippen LogP) is 3.51. The van der Waals surface area contributed by atoms with E-state index in [2.05, 4.69) is 10.2 Å². The Hall–Kier alpha value is -1.59. The molecular formula is C20H26Cl2N2O2. The molecule has 0 unspecified atom stereocenters. The Labute approximate surface area is 167 Å². The number of hydrogen-bond acceptors (Lipinski definition) is 4. The second kappa shape index (κ2) is 11.2. The molecule has 1 aliphatic heterocycles. The summed E-state index contributed by atoms with van der Waals surface area (Å²) in [5.41, 5.74) is 3.12. The molecule has 0 aromatic heterocycles. The molecule has 1 N–H and O–H groups in total. The fraction of sp³-hybridized carbons (Fsp3) is 0.350. The van der Waals surface area contributed by atoms with Crippen LogP contribution in [-0.2, 0) is 6.54 Å². The van der Waals surface area contributed by atoms with E-state index in [1.54, 1.807) is 0 Å². The smallest absolute Gasteiger partial charge is 0.200 e. The number of piperazine rings is 1. The van der Waals surface area contributed by atoms with Crippen LogP contribution in [0.2, 0.25) is 0 Å². The number of hydrogen-bond donors (Lipinski definition) is 1. The van der Waals surface area contributed by atoms with Crippen molar-refractivity contribution >= 4 is 30.6 Å². The Morgan fingerprint density at radius 1 is 1.00 bits per heavy atom. The number of ketones is 1. The third-order valence-electron chi connectivity index (χ3n) is 4.28. The van der Waals surface area contributed by atoms with Crippen molar-refractivity contribution in [2.24, 2.45) is 0 Å². The average Bonchev–Trinajstić information content (AvgIpc) is 2.62. The van der Waals surface area contributed by atoms with Gasteiger partial charge in [0, 0.05) is 38.3 Å². The highest BCUT2D eigenvalue weighted by atomic mass is 35.5. The van der Waals surface area contributed by atoms with E-state index in [0.29, 0.717) is 5.56 Å². The van der Waals surface area contributed by atoms with Crippen molar-refractivity contribution in [1.82, 2.24) is 10.2 Å². The number of carbonyl (C=O) groups is 1. The lowest BCUT2D eigenvalue weighted by Gasteiger charge is -2.27. The largest absolute Gasteiger partial charge is 0.485 e. The average molecular weight is 397 g/mol. The van der Waals surface area contributed by atoms with Gasteiger partial charge in [-0.2, -0.15) is 0 Å². The third-order valence-corrected chi connectivity index (χ3v) is 4.28. The number of Topliss-reactive ketones (excluding diaryl/α,β-unsaturated/α-hetero) is 1. The molecule has 1 saturated heterocycles. The molecule has 0 aliphatic carbocycles. The van der Waals surface area contributed by atoms with E-state index in [1.165, 1.54) is 11.1 Å². The highest BCUT2D eigenvalue weighted by Gasteiger charge is 2.11. The zero-order valence-corrected chi connectivity index (χ0v) is 16.6. The van der Waals surface area contributed by atoms with Gasteiger partial charge in [-0.15, -0.1) is 24.8 Å². The molecule has 142 valence electrons. The van der Waals surface area contributed by atoms with E-state index in [-0.39, 0.29) is 37.2 Å². The summed E-state index contributed by atoms with van der Waals surface area (Å²) in [4.78, 5) is 14.7. The molecule has 2 aromatic carbocycles. The summed E-state index contributed by atoms with van der Waals surface area (Å²) >= 11 is 0. The van der Waals surface area contributed by atoms with Crippen LogP contribution in [0.4, 0.5) is 0 Å². The van der Waals surface area contributed by atoms with Gasteiger partial charge in [-0.25, -0.2) is 0 Å². The Morgan fingerprint density at radius 2 is 1.62 bits per heavy atom. The van der Waals surface area contributed by atoms with Crippen LogP contribution in [0, 0.1) is 6.92 Å². The van der Waals surface area contributed by atoms with Gasteiger partial charge < -0.3 is 10.1 Å². The second-order valence-electron chi connectivity index (χ2n) is 6.25. The van der Waals surface area contributed by atoms with Gasteiger partial charge in [0.05, 0.1) is 0 Å². The Balaban J connectivity index is 0.00000169. The van der Waals surface area contributed by atoms with Crippen molar-refractivity contribution in [2.45, 2.75) is 13.5 Å². The van der Waals surface area contributed by atoms with E-state index in [0.717, 1.165) is 38.5 Å². The zero-order chi connectivity index (χ0) is 16.8. The van der Waals surface area contributed by atoms with Crippen LogP contribution in [0.1, 0.15) is 21.5 Å². The quantitative estimate of drug-likeness (QED) is 0.758. The molecule has 0 amide bonds. The molecule has 0 radical (unpaired) electrons. The van der Waals surface area contributed by atoms with Crippen LogP contribution in [0.3, 0.4) is 0 Å². The molecule has 0 spiro atoms. The molecule has 0 atom stereocenters. The van der Waals surface area contributed by atoms with Gasteiger partial charge in [-0.05, 0) is 24.6 Å². The number of benzene rings is 2. The summed E-state index contributed by atoms with van der Waals surface area (Å²) in [5, 5.41) is 3.35. The van der Waals surface area contributed by atoms with Crippen LogP contribution in [0.25, 0.3) is 0 Å². The van der Waals surface area contributed by atoms with Gasteiger partial charge in [0.15, 0.2) is 12.4 Å². The summed E-state index contributed by atoms with van der Waals surface area (Å²) in [6.07, 6.45) is 0. The van der Waals surface area contributed by atoms with Crippen LogP contribution in [0.15, 0.2) is 48.5 Å². The van der Waals surface area contributed by atoms with Crippen molar-refractivity contribution in [3.63, 3.8) is 0 Å². The maximum absolute atomic E-state index is 12.2. The fourth-order valence-corrected chi connectivity index (χ4v) is 2.79. The van der Waals surface area contributed by atoms with E-state index in [4.69, 9.17) is 4.74 Å². The minimum absolute atomic E-state index is 0. The number of halogens is 2. The molecule has 0 bridgehead atoms. The van der Waals surface area contributed by atoms with Crippen molar-refractivity contribution in [2.75, 3.05) is 32.8 Å². The molecular weight excluding hydrogens is 371 g/mol. The van der Waals surface area contributed by atoms with Gasteiger partial charge in [0.2, 0.25) is 0 Å². The minimum atomic E-state index is 0. The predicted molar refractivity (Wildman–Crippen MR) is 110 cm³/mol. The van der Waals surface area contributed by atoms with Gasteiger partial charge in [0.1, 0.15) is 5.75 Å². The Bertz CT molecular complexity index is 669. The number of aryl methyl sites for hydroxylation is 1. The lowest BCUT2D eigenvalue weighted by Crippen LogP contribution is -2.42. The molecule has 1 aliphatic rings. The lowest BCUT2D eigenvalue weighted by molar-refractivity contribution is 0.0921. The number of ether oxygens (including phenoxy) is 1. The number of nitrogens with one attached hydrogen (secondary N) is 1. The second-order valence-corrected chi connectivity index (χ2v) is 6.25. The molecule has 0 saturated carbocycles. The Morgan fingerprint density at radius 3 is 2.23 bits per heavy atom. The first-order valence-electron chi connectivity index (χ1n) is 8.45. The molecule has 1 heterocycles. The number of rotatable bonds is 6. The van der Waals surface area contributed by atoms with Crippen molar-refractivity contribution in [3.05, 3.63) is 65.2 Å². The highest BCUT2D eigenvalue weighted by Crippen LogP contribution is 2.13.